The van der Waals surface area contributed by atoms with E-state index in [4.69, 9.17) is 24.1 Å². The topological polar surface area (TPSA) is 354 Å². The number of carboxylic acid groups (broad SMARTS) is 4. The van der Waals surface area contributed by atoms with Gasteiger partial charge in [-0.15, -0.1) is 5.92 Å². The van der Waals surface area contributed by atoms with Crippen LogP contribution in [-0.2, 0) is 90.2 Å². The van der Waals surface area contributed by atoms with Gasteiger partial charge in [-0.25, -0.2) is 9.59 Å². The van der Waals surface area contributed by atoms with E-state index in [1.54, 1.807) is 0 Å². The quantitative estimate of drug-likeness (QED) is 0.0243. The Morgan fingerprint density at radius 2 is 0.864 bits per heavy atom. The van der Waals surface area contributed by atoms with E-state index in [2.05, 4.69) is 28.2 Å². The van der Waals surface area contributed by atoms with Crippen LogP contribution in [0.25, 0.3) is 0 Å². The summed E-state index contributed by atoms with van der Waals surface area (Å²) in [7, 11) is 0. The second-order valence-electron chi connectivity index (χ2n) is 19.8. The summed E-state index contributed by atoms with van der Waals surface area (Å²) in [5.41, 5.74) is 0. The van der Waals surface area contributed by atoms with E-state index < -0.39 is 72.3 Å². The number of carbonyl (C=O) groups is 11. The van der Waals surface area contributed by atoms with Crippen LogP contribution < -0.4 is 21.3 Å². The summed E-state index contributed by atoms with van der Waals surface area (Å²) in [5, 5.41) is 47.8. The fourth-order valence-corrected chi connectivity index (χ4v) is 8.16. The number of nitrogens with one attached hydrogen (secondary N) is 4. The number of ether oxygens (including phenoxy) is 4. The number of carbonyl (C=O) groups excluding carboxylic acids is 7. The first-order valence-electron chi connectivity index (χ1n) is 28.6. The zero-order valence-corrected chi connectivity index (χ0v) is 48.9. The average molecular weight is 1200 g/mol. The van der Waals surface area contributed by atoms with Crippen LogP contribution in [0.15, 0.2) is 0 Å². The second-order valence-corrected chi connectivity index (χ2v) is 19.8. The van der Waals surface area contributed by atoms with Gasteiger partial charge in [-0.1, -0.05) is 104 Å². The monoisotopic (exact) mass is 1190 g/mol. The van der Waals surface area contributed by atoms with E-state index in [1.165, 1.54) is 25.7 Å². The Balaban J connectivity index is -0.0000304. The Morgan fingerprint density at radius 3 is 1.35 bits per heavy atom. The summed E-state index contributed by atoms with van der Waals surface area (Å²) in [6.45, 7) is 7.20. The molecule has 0 saturated carbocycles. The van der Waals surface area contributed by atoms with Gasteiger partial charge >= 0.3 is 23.9 Å². The van der Waals surface area contributed by atoms with Gasteiger partial charge in [0.05, 0.1) is 39.0 Å². The number of rotatable bonds is 57. The molecule has 4 amide bonds. The maximum atomic E-state index is 12.7. The number of hydrogen-bond donors (Lipinski definition) is 8. The van der Waals surface area contributed by atoms with Crippen molar-refractivity contribution in [3.63, 3.8) is 0 Å². The number of unbranched alkanes of at least 4 members (excludes halogenated alkanes) is 14. The van der Waals surface area contributed by atoms with E-state index in [0.29, 0.717) is 32.2 Å². The summed E-state index contributed by atoms with van der Waals surface area (Å²) in [5.74, 6) is -8.90. The molecule has 23 nitrogen and oxygen atoms in total. The molecule has 0 aromatic heterocycles. The summed E-state index contributed by atoms with van der Waals surface area (Å²) in [4.78, 5) is 132. The molecule has 467 valence electrons. The van der Waals surface area contributed by atoms with Crippen molar-refractivity contribution in [1.29, 1.82) is 0 Å². The first-order chi connectivity index (χ1) is 37.9. The third-order valence-electron chi connectivity index (χ3n) is 12.9. The molecule has 1 radical (unpaired) electrons. The number of ketones is 3. The summed E-state index contributed by atoms with van der Waals surface area (Å²) in [6.07, 6.45) is 15.6. The van der Waals surface area contributed by atoms with Gasteiger partial charge in [0.1, 0.15) is 42.6 Å². The number of amides is 4. The van der Waals surface area contributed by atoms with Crippen LogP contribution in [0.4, 0.5) is 0 Å². The molecule has 0 aliphatic heterocycles. The van der Waals surface area contributed by atoms with E-state index in [0.717, 1.165) is 70.6 Å². The van der Waals surface area contributed by atoms with Crippen LogP contribution in [0, 0.1) is 18.8 Å². The minimum Gasteiger partial charge on any atom is -0.481 e. The molecule has 0 aromatic rings. The van der Waals surface area contributed by atoms with E-state index in [9.17, 15) is 68.1 Å². The maximum Gasteiger partial charge on any atom is 0.326 e. The van der Waals surface area contributed by atoms with Crippen molar-refractivity contribution in [2.45, 2.75) is 213 Å². The molecule has 0 unspecified atom stereocenters. The summed E-state index contributed by atoms with van der Waals surface area (Å²) in [6, 6.07) is -2.77. The molecule has 0 spiro atoms. The van der Waals surface area contributed by atoms with E-state index in [1.807, 2.05) is 6.92 Å². The van der Waals surface area contributed by atoms with E-state index in [-0.39, 0.29) is 166 Å². The third kappa shape index (κ3) is 50.6. The summed E-state index contributed by atoms with van der Waals surface area (Å²) < 4.78 is 21.4. The molecule has 0 fully saturated rings. The average Bonchev–Trinajstić information content (AvgIpc) is 3.40. The summed E-state index contributed by atoms with van der Waals surface area (Å²) >= 11 is 0. The number of carboxylic acids is 4. The van der Waals surface area contributed by atoms with Crippen LogP contribution in [0.3, 0.4) is 0 Å². The van der Waals surface area contributed by atoms with Crippen LogP contribution in [0.5, 0.6) is 0 Å². The Labute approximate surface area is 492 Å². The smallest absolute Gasteiger partial charge is 0.326 e. The van der Waals surface area contributed by atoms with Crippen molar-refractivity contribution in [3.8, 4) is 0 Å². The predicted octanol–water partition coefficient (Wildman–Crippen LogP) is 6.33. The standard InChI is InChI=1S/C56H95N4O19.CH4.V/c1-3-48(63)42(2)21-18-19-31-57-51(66)40-79-38-36-77-34-32-58-52(67)41-78-37-35-76-33-20-22-44(61)26-28-46(55(72)73)60-50(65)30-25-43(54(70)71)39-45(62)27-29-47(56(74)75)59-49(64)23-16-14-12-10-8-6-4-5-7-9-11-13-15-17-24-53(68)69;;/h42-43,46-47H,2-41H2,1H3,(H,57,66)(H,58,67)(H,59,64)(H,60,65)(H,68,69)(H,70,71)(H,72,73)(H,74,75);1H4;/q-1;;/t42-,43+,46-,47-;;/m0../s1. The second kappa shape index (κ2) is 54.4. The molecular formula is C57H99N4O19V-. The zero-order chi connectivity index (χ0) is 58.9. The van der Waals surface area contributed by atoms with Crippen LogP contribution >= 0.6 is 0 Å². The molecule has 0 aromatic carbocycles. The maximum absolute atomic E-state index is 12.7. The zero-order valence-electron chi connectivity index (χ0n) is 47.5. The van der Waals surface area contributed by atoms with Crippen LogP contribution in [0.2, 0.25) is 0 Å². The Kier molecular flexibility index (Phi) is 54.1. The van der Waals surface area contributed by atoms with Crippen molar-refractivity contribution < 1.29 is 111 Å². The van der Waals surface area contributed by atoms with Gasteiger partial charge in [-0.2, -0.15) is 0 Å². The largest absolute Gasteiger partial charge is 0.481 e. The molecule has 24 heteroatoms. The molecule has 4 atom stereocenters. The minimum absolute atomic E-state index is 0. The molecule has 81 heavy (non-hydrogen) atoms. The first-order valence-corrected chi connectivity index (χ1v) is 28.6. The Morgan fingerprint density at radius 1 is 0.420 bits per heavy atom. The Hall–Kier alpha value is -4.81. The van der Waals surface area contributed by atoms with Gasteiger partial charge in [0, 0.05) is 89.6 Å². The van der Waals surface area contributed by atoms with Crippen molar-refractivity contribution in [2.24, 2.45) is 11.8 Å². The van der Waals surface area contributed by atoms with Gasteiger partial charge in [0.25, 0.3) is 0 Å². The minimum atomic E-state index is -1.42. The third-order valence-corrected chi connectivity index (χ3v) is 12.9. The molecule has 0 bridgehead atoms. The number of Topliss-reactive ketones (excluding diaryl/α,β-unsaturated/α-hetero) is 3. The van der Waals surface area contributed by atoms with Crippen molar-refractivity contribution in [3.05, 3.63) is 6.92 Å². The van der Waals surface area contributed by atoms with Crippen molar-refractivity contribution in [1.82, 2.24) is 21.3 Å². The van der Waals surface area contributed by atoms with Crippen molar-refractivity contribution >= 4 is 64.9 Å². The molecule has 8 N–H and O–H groups in total. The predicted molar refractivity (Wildman–Crippen MR) is 297 cm³/mol. The van der Waals surface area contributed by atoms with E-state index >= 15 is 0 Å². The molecular weight excluding hydrogens is 1100 g/mol. The van der Waals surface area contributed by atoms with Gasteiger partial charge in [0.2, 0.25) is 23.6 Å². The SMILES string of the molecule is C.[CH2-][C@@H](CCCCNC(=O)COCCOCCNC(=O)COCCOCCCC(=O)CC[C@H](NC(=O)CC[C@H](CC(=O)CC[C@H](NC(=O)CCCCCCCCCCCCCCCCC(=O)O)C(=O)O)C(=O)O)C(=O)O)C(=O)CC.[V]. The van der Waals surface area contributed by atoms with Crippen LogP contribution in [-0.4, -0.2) is 163 Å². The number of aliphatic carboxylic acids is 4. The molecule has 0 rings (SSSR count). The molecule has 0 aliphatic rings. The normalized spacial score (nSPS) is 12.3. The molecule has 0 heterocycles. The first kappa shape index (κ1) is 80.4. The van der Waals surface area contributed by atoms with Crippen LogP contribution in [0.1, 0.15) is 201 Å². The fraction of sp³-hybridized carbons (Fsp3) is 0.789. The molecule has 0 saturated heterocycles. The van der Waals surface area contributed by atoms with Gasteiger partial charge in [-0.05, 0) is 44.9 Å². The van der Waals surface area contributed by atoms with Gasteiger partial charge in [0.15, 0.2) is 0 Å². The van der Waals surface area contributed by atoms with Crippen molar-refractivity contribution in [2.75, 3.05) is 65.9 Å². The molecule has 0 aliphatic carbocycles. The Bertz CT molecular complexity index is 1790. The van der Waals surface area contributed by atoms with Gasteiger partial charge < -0.3 is 72.4 Å². The van der Waals surface area contributed by atoms with Gasteiger partial charge in [-0.3, -0.25) is 38.4 Å². The number of hydrogen-bond acceptors (Lipinski definition) is 15. The fourth-order valence-electron chi connectivity index (χ4n) is 8.16.